The van der Waals surface area contributed by atoms with E-state index in [0.29, 0.717) is 5.92 Å². The molecule has 0 aromatic heterocycles. The number of hydrogen-bond donors (Lipinski definition) is 2. The number of nitrogens with one attached hydrogen (secondary N) is 1. The first-order chi connectivity index (χ1) is 8.19. The molecule has 1 fully saturated rings. The second-order valence-corrected chi connectivity index (χ2v) is 4.94. The molecule has 0 aromatic carbocycles. The highest BCUT2D eigenvalue weighted by molar-refractivity contribution is 5.73. The molecule has 1 heterocycles. The first kappa shape index (κ1) is 14.5. The summed E-state index contributed by atoms with van der Waals surface area (Å²) < 4.78 is 0. The van der Waals surface area contributed by atoms with Crippen LogP contribution in [0.25, 0.3) is 0 Å². The summed E-state index contributed by atoms with van der Waals surface area (Å²) in [5.41, 5.74) is 0. The van der Waals surface area contributed by atoms with Crippen molar-refractivity contribution in [3.8, 4) is 0 Å². The molecule has 0 spiro atoms. The van der Waals surface area contributed by atoms with Gasteiger partial charge in [-0.3, -0.25) is 9.69 Å². The van der Waals surface area contributed by atoms with Crippen LogP contribution in [0.15, 0.2) is 0 Å². The monoisotopic (exact) mass is 242 g/mol. The summed E-state index contributed by atoms with van der Waals surface area (Å²) in [6.45, 7) is 8.00. The van der Waals surface area contributed by atoms with E-state index in [0.717, 1.165) is 39.0 Å². The van der Waals surface area contributed by atoms with E-state index in [1.54, 1.807) is 0 Å². The Kier molecular flexibility index (Phi) is 6.52. The summed E-state index contributed by atoms with van der Waals surface area (Å²) in [6, 6.07) is -0.299. The number of likely N-dealkylation sites (N-methyl/N-ethyl adjacent to an activating group) is 1. The molecule has 2 atom stereocenters. The van der Waals surface area contributed by atoms with E-state index in [1.807, 2.05) is 6.92 Å². The van der Waals surface area contributed by atoms with Crippen LogP contribution >= 0.6 is 0 Å². The number of carbonyl (C=O) groups is 1. The van der Waals surface area contributed by atoms with Gasteiger partial charge >= 0.3 is 5.97 Å². The van der Waals surface area contributed by atoms with Crippen LogP contribution in [-0.4, -0.2) is 48.2 Å². The zero-order valence-electron chi connectivity index (χ0n) is 11.1. The molecule has 0 saturated carbocycles. The average Bonchev–Trinajstić information content (AvgIpc) is 2.34. The Balaban J connectivity index is 2.51. The van der Waals surface area contributed by atoms with E-state index in [-0.39, 0.29) is 6.04 Å². The van der Waals surface area contributed by atoms with Gasteiger partial charge in [0.1, 0.15) is 6.04 Å². The molecule has 2 N–H and O–H groups in total. The van der Waals surface area contributed by atoms with Gasteiger partial charge in [-0.2, -0.15) is 0 Å². The SMILES string of the molecule is CCCC(C(=O)O)N(CC)CC1CCCNC1. The van der Waals surface area contributed by atoms with Crippen molar-refractivity contribution in [2.45, 2.75) is 45.6 Å². The van der Waals surface area contributed by atoms with E-state index < -0.39 is 5.97 Å². The van der Waals surface area contributed by atoms with Crippen molar-refractivity contribution in [3.05, 3.63) is 0 Å². The number of nitrogens with zero attached hydrogens (tertiary/aromatic N) is 1. The number of carboxylic acid groups (broad SMARTS) is 1. The Hall–Kier alpha value is -0.610. The number of aliphatic carboxylic acids is 1. The second kappa shape index (κ2) is 7.67. The summed E-state index contributed by atoms with van der Waals surface area (Å²) in [5.74, 6) is -0.0557. The molecule has 0 amide bonds. The predicted molar refractivity (Wildman–Crippen MR) is 69.2 cm³/mol. The molecule has 1 aliphatic rings. The highest BCUT2D eigenvalue weighted by Gasteiger charge is 2.26. The molecule has 0 aliphatic carbocycles. The summed E-state index contributed by atoms with van der Waals surface area (Å²) in [5, 5.41) is 12.7. The molecule has 2 unspecified atom stereocenters. The van der Waals surface area contributed by atoms with Crippen LogP contribution in [-0.2, 0) is 4.79 Å². The third-order valence-electron chi connectivity index (χ3n) is 3.59. The van der Waals surface area contributed by atoms with E-state index in [9.17, 15) is 9.90 Å². The quantitative estimate of drug-likeness (QED) is 0.711. The van der Waals surface area contributed by atoms with Gasteiger partial charge in [0.15, 0.2) is 0 Å². The van der Waals surface area contributed by atoms with Crippen molar-refractivity contribution in [2.24, 2.45) is 5.92 Å². The normalized spacial score (nSPS) is 22.6. The number of hydrogen-bond acceptors (Lipinski definition) is 3. The van der Waals surface area contributed by atoms with E-state index in [4.69, 9.17) is 0 Å². The lowest BCUT2D eigenvalue weighted by molar-refractivity contribution is -0.143. The minimum atomic E-state index is -0.669. The van der Waals surface area contributed by atoms with Crippen LogP contribution in [0.4, 0.5) is 0 Å². The topological polar surface area (TPSA) is 52.6 Å². The van der Waals surface area contributed by atoms with Crippen LogP contribution in [0, 0.1) is 5.92 Å². The molecular weight excluding hydrogens is 216 g/mol. The lowest BCUT2D eigenvalue weighted by Gasteiger charge is -2.33. The first-order valence-electron chi connectivity index (χ1n) is 6.86. The highest BCUT2D eigenvalue weighted by Crippen LogP contribution is 2.15. The number of rotatable bonds is 7. The third kappa shape index (κ3) is 4.64. The van der Waals surface area contributed by atoms with Crippen LogP contribution < -0.4 is 5.32 Å². The lowest BCUT2D eigenvalue weighted by Crippen LogP contribution is -2.46. The Bertz CT molecular complexity index is 227. The third-order valence-corrected chi connectivity index (χ3v) is 3.59. The zero-order chi connectivity index (χ0) is 12.7. The maximum atomic E-state index is 11.3. The van der Waals surface area contributed by atoms with Gasteiger partial charge in [0, 0.05) is 6.54 Å². The summed E-state index contributed by atoms with van der Waals surface area (Å²) in [7, 11) is 0. The smallest absolute Gasteiger partial charge is 0.320 e. The van der Waals surface area contributed by atoms with E-state index in [2.05, 4.69) is 17.1 Å². The number of carboxylic acids is 1. The summed E-state index contributed by atoms with van der Waals surface area (Å²) >= 11 is 0. The predicted octanol–water partition coefficient (Wildman–Crippen LogP) is 1.56. The maximum absolute atomic E-state index is 11.3. The van der Waals surface area contributed by atoms with Crippen molar-refractivity contribution in [1.82, 2.24) is 10.2 Å². The van der Waals surface area contributed by atoms with Crippen molar-refractivity contribution >= 4 is 5.97 Å². The van der Waals surface area contributed by atoms with Crippen LogP contribution in [0.3, 0.4) is 0 Å². The molecule has 4 heteroatoms. The Morgan fingerprint density at radius 3 is 2.76 bits per heavy atom. The molecule has 1 saturated heterocycles. The van der Waals surface area contributed by atoms with Gasteiger partial charge in [0.2, 0.25) is 0 Å². The zero-order valence-corrected chi connectivity index (χ0v) is 11.1. The van der Waals surface area contributed by atoms with E-state index in [1.165, 1.54) is 12.8 Å². The molecule has 0 aromatic rings. The van der Waals surface area contributed by atoms with Crippen molar-refractivity contribution in [2.75, 3.05) is 26.2 Å². The van der Waals surface area contributed by atoms with Gasteiger partial charge in [0.05, 0.1) is 0 Å². The molecule has 1 rings (SSSR count). The molecule has 4 nitrogen and oxygen atoms in total. The first-order valence-corrected chi connectivity index (χ1v) is 6.86. The van der Waals surface area contributed by atoms with Gasteiger partial charge in [-0.15, -0.1) is 0 Å². The maximum Gasteiger partial charge on any atom is 0.320 e. The Morgan fingerprint density at radius 2 is 2.29 bits per heavy atom. The van der Waals surface area contributed by atoms with Gasteiger partial charge in [0.25, 0.3) is 0 Å². The van der Waals surface area contributed by atoms with Gasteiger partial charge in [-0.25, -0.2) is 0 Å². The van der Waals surface area contributed by atoms with Gasteiger partial charge in [-0.05, 0) is 44.8 Å². The van der Waals surface area contributed by atoms with Crippen molar-refractivity contribution in [1.29, 1.82) is 0 Å². The molecule has 17 heavy (non-hydrogen) atoms. The van der Waals surface area contributed by atoms with Crippen LogP contribution in [0.5, 0.6) is 0 Å². The number of piperidine rings is 1. The van der Waals surface area contributed by atoms with Crippen LogP contribution in [0.1, 0.15) is 39.5 Å². The molecular formula is C13H26N2O2. The van der Waals surface area contributed by atoms with E-state index >= 15 is 0 Å². The minimum Gasteiger partial charge on any atom is -0.480 e. The average molecular weight is 242 g/mol. The van der Waals surface area contributed by atoms with Crippen molar-refractivity contribution < 1.29 is 9.90 Å². The largest absolute Gasteiger partial charge is 0.480 e. The molecule has 0 bridgehead atoms. The summed E-state index contributed by atoms with van der Waals surface area (Å²) in [6.07, 6.45) is 4.12. The van der Waals surface area contributed by atoms with Crippen LogP contribution in [0.2, 0.25) is 0 Å². The standard InChI is InChI=1S/C13H26N2O2/c1-3-6-12(13(16)17)15(4-2)10-11-7-5-8-14-9-11/h11-12,14H,3-10H2,1-2H3,(H,16,17). The Morgan fingerprint density at radius 1 is 1.53 bits per heavy atom. The highest BCUT2D eigenvalue weighted by atomic mass is 16.4. The molecule has 0 radical (unpaired) electrons. The second-order valence-electron chi connectivity index (χ2n) is 4.94. The fourth-order valence-corrected chi connectivity index (χ4v) is 2.62. The van der Waals surface area contributed by atoms with Gasteiger partial charge in [-0.1, -0.05) is 20.3 Å². The van der Waals surface area contributed by atoms with Crippen molar-refractivity contribution in [3.63, 3.8) is 0 Å². The fourth-order valence-electron chi connectivity index (χ4n) is 2.62. The van der Waals surface area contributed by atoms with Gasteiger partial charge < -0.3 is 10.4 Å². The molecule has 100 valence electrons. The molecule has 1 aliphatic heterocycles. The fraction of sp³-hybridized carbons (Fsp3) is 0.923. The lowest BCUT2D eigenvalue weighted by atomic mass is 9.98. The summed E-state index contributed by atoms with van der Waals surface area (Å²) in [4.78, 5) is 13.4. The minimum absolute atomic E-state index is 0.299. The Labute approximate surface area is 104 Å².